The van der Waals surface area contributed by atoms with E-state index in [4.69, 9.17) is 0 Å². The second kappa shape index (κ2) is 4.99. The van der Waals surface area contributed by atoms with E-state index in [1.165, 1.54) is 13.3 Å². The minimum atomic E-state index is -0.603. The summed E-state index contributed by atoms with van der Waals surface area (Å²) in [4.78, 5) is 32.4. The minimum Gasteiger partial charge on any atom is -0.463 e. The SMILES string of the molecule is COC(=O)c1nccc(NC2CCN(C)C2=O)n1. The normalized spacial score (nSPS) is 18.9. The van der Waals surface area contributed by atoms with Crippen molar-refractivity contribution in [3.05, 3.63) is 18.1 Å². The number of nitrogens with zero attached hydrogens (tertiary/aromatic N) is 3. The molecule has 0 aliphatic carbocycles. The molecule has 1 amide bonds. The summed E-state index contributed by atoms with van der Waals surface area (Å²) in [6.45, 7) is 0.714. The second-order valence-corrected chi connectivity index (χ2v) is 4.00. The van der Waals surface area contributed by atoms with Gasteiger partial charge in [0.15, 0.2) is 0 Å². The van der Waals surface area contributed by atoms with E-state index in [1.54, 1.807) is 18.0 Å². The monoisotopic (exact) mass is 250 g/mol. The van der Waals surface area contributed by atoms with Crippen LogP contribution in [0.1, 0.15) is 17.0 Å². The van der Waals surface area contributed by atoms with Gasteiger partial charge in [-0.05, 0) is 12.5 Å². The van der Waals surface area contributed by atoms with Crippen molar-refractivity contribution in [2.45, 2.75) is 12.5 Å². The van der Waals surface area contributed by atoms with E-state index >= 15 is 0 Å². The maximum Gasteiger partial charge on any atom is 0.376 e. The third-order valence-electron chi connectivity index (χ3n) is 2.77. The molecule has 18 heavy (non-hydrogen) atoms. The summed E-state index contributed by atoms with van der Waals surface area (Å²) in [7, 11) is 3.02. The lowest BCUT2D eigenvalue weighted by Crippen LogP contribution is -2.31. The zero-order valence-electron chi connectivity index (χ0n) is 10.2. The molecular weight excluding hydrogens is 236 g/mol. The Morgan fingerprint density at radius 2 is 2.39 bits per heavy atom. The molecule has 2 heterocycles. The molecule has 0 spiro atoms. The summed E-state index contributed by atoms with van der Waals surface area (Å²) in [6, 6.07) is 1.31. The first-order valence-electron chi connectivity index (χ1n) is 5.54. The third kappa shape index (κ3) is 2.39. The lowest BCUT2D eigenvalue weighted by molar-refractivity contribution is -0.127. The first kappa shape index (κ1) is 12.3. The zero-order valence-corrected chi connectivity index (χ0v) is 10.2. The first-order chi connectivity index (χ1) is 8.61. The van der Waals surface area contributed by atoms with Gasteiger partial charge in [0, 0.05) is 19.8 Å². The lowest BCUT2D eigenvalue weighted by atomic mass is 10.2. The summed E-state index contributed by atoms with van der Waals surface area (Å²) >= 11 is 0. The zero-order chi connectivity index (χ0) is 13.1. The lowest BCUT2D eigenvalue weighted by Gasteiger charge is -2.12. The number of ether oxygens (including phenoxy) is 1. The van der Waals surface area contributed by atoms with Gasteiger partial charge >= 0.3 is 5.97 Å². The maximum absolute atomic E-state index is 11.7. The van der Waals surface area contributed by atoms with Crippen LogP contribution in [-0.2, 0) is 9.53 Å². The number of likely N-dealkylation sites (tertiary alicyclic amines) is 1. The molecule has 1 atom stereocenters. The van der Waals surface area contributed by atoms with Gasteiger partial charge in [0.1, 0.15) is 11.9 Å². The Labute approximate surface area is 104 Å². The highest BCUT2D eigenvalue weighted by Crippen LogP contribution is 2.14. The van der Waals surface area contributed by atoms with Crippen molar-refractivity contribution in [2.24, 2.45) is 0 Å². The number of rotatable bonds is 3. The average molecular weight is 250 g/mol. The molecule has 1 aromatic rings. The van der Waals surface area contributed by atoms with Crippen molar-refractivity contribution < 1.29 is 14.3 Å². The van der Waals surface area contributed by atoms with Crippen LogP contribution >= 0.6 is 0 Å². The fourth-order valence-corrected chi connectivity index (χ4v) is 1.76. The van der Waals surface area contributed by atoms with E-state index in [0.29, 0.717) is 18.8 Å². The van der Waals surface area contributed by atoms with Crippen molar-refractivity contribution in [3.63, 3.8) is 0 Å². The molecule has 7 heteroatoms. The first-order valence-corrected chi connectivity index (χ1v) is 5.54. The number of nitrogens with one attached hydrogen (secondary N) is 1. The number of amides is 1. The summed E-state index contributed by atoms with van der Waals surface area (Å²) in [6.07, 6.45) is 2.16. The highest BCUT2D eigenvalue weighted by Gasteiger charge is 2.29. The number of hydrogen-bond acceptors (Lipinski definition) is 6. The van der Waals surface area contributed by atoms with Crippen molar-refractivity contribution in [1.82, 2.24) is 14.9 Å². The molecule has 0 saturated carbocycles. The molecule has 1 aliphatic rings. The van der Waals surface area contributed by atoms with Gasteiger partial charge in [0.25, 0.3) is 0 Å². The van der Waals surface area contributed by atoms with E-state index in [-0.39, 0.29) is 17.8 Å². The van der Waals surface area contributed by atoms with Gasteiger partial charge in [-0.1, -0.05) is 0 Å². The molecular formula is C11H14N4O3. The maximum atomic E-state index is 11.7. The van der Waals surface area contributed by atoms with Crippen molar-refractivity contribution in [1.29, 1.82) is 0 Å². The van der Waals surface area contributed by atoms with Crippen LogP contribution in [0.4, 0.5) is 5.82 Å². The van der Waals surface area contributed by atoms with Crippen LogP contribution in [0.25, 0.3) is 0 Å². The molecule has 7 nitrogen and oxygen atoms in total. The molecule has 0 bridgehead atoms. The molecule has 2 rings (SSSR count). The largest absolute Gasteiger partial charge is 0.463 e. The van der Waals surface area contributed by atoms with E-state index in [1.807, 2.05) is 0 Å². The quantitative estimate of drug-likeness (QED) is 0.754. The number of likely N-dealkylation sites (N-methyl/N-ethyl adjacent to an activating group) is 1. The van der Waals surface area contributed by atoms with Crippen molar-refractivity contribution in [3.8, 4) is 0 Å². The van der Waals surface area contributed by atoms with E-state index < -0.39 is 5.97 Å². The van der Waals surface area contributed by atoms with Gasteiger partial charge in [-0.15, -0.1) is 0 Å². The number of carbonyl (C=O) groups excluding carboxylic acids is 2. The van der Waals surface area contributed by atoms with Crippen LogP contribution in [0.2, 0.25) is 0 Å². The third-order valence-corrected chi connectivity index (χ3v) is 2.77. The number of carbonyl (C=O) groups is 2. The van der Waals surface area contributed by atoms with Gasteiger partial charge in [-0.2, -0.15) is 0 Å². The fourth-order valence-electron chi connectivity index (χ4n) is 1.76. The molecule has 1 aliphatic heterocycles. The molecule has 1 aromatic heterocycles. The summed E-state index contributed by atoms with van der Waals surface area (Å²) in [5, 5.41) is 2.99. The van der Waals surface area contributed by atoms with E-state index in [9.17, 15) is 9.59 Å². The summed E-state index contributed by atoms with van der Waals surface area (Å²) in [5.41, 5.74) is 0. The topological polar surface area (TPSA) is 84.4 Å². The Balaban J connectivity index is 2.10. The van der Waals surface area contributed by atoms with E-state index in [0.717, 1.165) is 0 Å². The fraction of sp³-hybridized carbons (Fsp3) is 0.455. The smallest absolute Gasteiger partial charge is 0.376 e. The predicted molar refractivity (Wildman–Crippen MR) is 63.0 cm³/mol. The number of esters is 1. The van der Waals surface area contributed by atoms with Crippen LogP contribution in [0.3, 0.4) is 0 Å². The van der Waals surface area contributed by atoms with Gasteiger partial charge in [-0.3, -0.25) is 4.79 Å². The van der Waals surface area contributed by atoms with Crippen molar-refractivity contribution in [2.75, 3.05) is 26.0 Å². The number of aromatic nitrogens is 2. The Morgan fingerprint density at radius 3 is 3.00 bits per heavy atom. The predicted octanol–water partition coefficient (Wildman–Crippen LogP) is -0.0942. The average Bonchev–Trinajstić information content (AvgIpc) is 2.70. The Hall–Kier alpha value is -2.18. The highest BCUT2D eigenvalue weighted by molar-refractivity contribution is 5.87. The van der Waals surface area contributed by atoms with Gasteiger partial charge in [0.05, 0.1) is 7.11 Å². The molecule has 1 unspecified atom stereocenters. The second-order valence-electron chi connectivity index (χ2n) is 4.00. The Morgan fingerprint density at radius 1 is 1.61 bits per heavy atom. The molecule has 0 aromatic carbocycles. The Bertz CT molecular complexity index is 477. The molecule has 0 radical (unpaired) electrons. The van der Waals surface area contributed by atoms with E-state index in [2.05, 4.69) is 20.0 Å². The van der Waals surface area contributed by atoms with Crippen LogP contribution in [-0.4, -0.2) is 53.5 Å². The molecule has 1 saturated heterocycles. The number of methoxy groups -OCH3 is 1. The summed E-state index contributed by atoms with van der Waals surface area (Å²) in [5.74, 6) is -0.165. The van der Waals surface area contributed by atoms with Crippen LogP contribution in [0.15, 0.2) is 12.3 Å². The molecule has 1 N–H and O–H groups in total. The standard InChI is InChI=1S/C11H14N4O3/c1-15-6-4-7(10(15)16)13-8-3-5-12-9(14-8)11(17)18-2/h3,5,7H,4,6H2,1-2H3,(H,12,13,14). The van der Waals surface area contributed by atoms with Crippen LogP contribution < -0.4 is 5.32 Å². The summed E-state index contributed by atoms with van der Waals surface area (Å²) < 4.78 is 4.53. The van der Waals surface area contributed by atoms with Gasteiger partial charge in [0.2, 0.25) is 11.7 Å². The number of hydrogen-bond donors (Lipinski definition) is 1. The minimum absolute atomic E-state index is 0.0215. The molecule has 1 fully saturated rings. The van der Waals surface area contributed by atoms with Crippen LogP contribution in [0.5, 0.6) is 0 Å². The highest BCUT2D eigenvalue weighted by atomic mass is 16.5. The van der Waals surface area contributed by atoms with Crippen molar-refractivity contribution >= 4 is 17.7 Å². The van der Waals surface area contributed by atoms with Gasteiger partial charge in [-0.25, -0.2) is 14.8 Å². The number of anilines is 1. The van der Waals surface area contributed by atoms with Crippen LogP contribution in [0, 0.1) is 0 Å². The molecule has 96 valence electrons. The van der Waals surface area contributed by atoms with Gasteiger partial charge < -0.3 is 15.0 Å². The Kier molecular flexibility index (Phi) is 3.40.